The Hall–Kier alpha value is -1.24. The lowest BCUT2D eigenvalue weighted by molar-refractivity contribution is -0.138. The summed E-state index contributed by atoms with van der Waals surface area (Å²) in [7, 11) is 0. The van der Waals surface area contributed by atoms with Gasteiger partial charge in [0, 0.05) is 11.3 Å². The van der Waals surface area contributed by atoms with Crippen molar-refractivity contribution < 1.29 is 18.0 Å². The summed E-state index contributed by atoms with van der Waals surface area (Å²) in [6.07, 6.45) is -4.58. The molecule has 0 aromatic heterocycles. The molecule has 0 aliphatic rings. The Bertz CT molecular complexity index is 417. The third-order valence-corrected chi connectivity index (χ3v) is 2.58. The second-order valence-corrected chi connectivity index (χ2v) is 3.58. The fourth-order valence-corrected chi connectivity index (χ4v) is 1.45. The van der Waals surface area contributed by atoms with Gasteiger partial charge in [-0.3, -0.25) is 4.79 Å². The summed E-state index contributed by atoms with van der Waals surface area (Å²) in [5, 5.41) is 0. The largest absolute Gasteiger partial charge is 0.417 e. The van der Waals surface area contributed by atoms with Crippen LogP contribution in [0.25, 0.3) is 0 Å². The molecule has 4 N–H and O–H groups in total. The summed E-state index contributed by atoms with van der Waals surface area (Å²) >= 11 is 2.70. The van der Waals surface area contributed by atoms with Crippen molar-refractivity contribution >= 4 is 27.5 Å². The van der Waals surface area contributed by atoms with E-state index in [1.165, 1.54) is 0 Å². The topological polar surface area (TPSA) is 69.1 Å². The molecule has 1 aromatic rings. The van der Waals surface area contributed by atoms with Crippen molar-refractivity contribution in [1.82, 2.24) is 0 Å². The van der Waals surface area contributed by atoms with Crippen LogP contribution >= 0.6 is 15.9 Å². The van der Waals surface area contributed by atoms with Gasteiger partial charge in [0.1, 0.15) is 0 Å². The van der Waals surface area contributed by atoms with Crippen LogP contribution in [0.4, 0.5) is 18.9 Å². The van der Waals surface area contributed by atoms with Gasteiger partial charge in [0.2, 0.25) is 5.91 Å². The number of hydrogen-bond acceptors (Lipinski definition) is 2. The molecule has 0 spiro atoms. The number of amides is 1. The van der Waals surface area contributed by atoms with Gasteiger partial charge in [-0.1, -0.05) is 0 Å². The minimum Gasteiger partial charge on any atom is -0.398 e. The third kappa shape index (κ3) is 2.41. The average molecular weight is 283 g/mol. The van der Waals surface area contributed by atoms with E-state index in [-0.39, 0.29) is 15.7 Å². The van der Waals surface area contributed by atoms with E-state index >= 15 is 0 Å². The molecule has 3 nitrogen and oxygen atoms in total. The Balaban J connectivity index is 3.45. The number of nitrogen functional groups attached to an aromatic ring is 1. The Labute approximate surface area is 91.4 Å². The molecule has 0 bridgehead atoms. The number of nitrogens with two attached hydrogens (primary N) is 2. The quantitative estimate of drug-likeness (QED) is 0.775. The normalized spacial score (nSPS) is 11.5. The molecular formula is C8H6BrF3N2O. The predicted molar refractivity (Wildman–Crippen MR) is 52.1 cm³/mol. The van der Waals surface area contributed by atoms with Crippen molar-refractivity contribution in [3.05, 3.63) is 27.7 Å². The van der Waals surface area contributed by atoms with Gasteiger partial charge in [-0.15, -0.1) is 0 Å². The van der Waals surface area contributed by atoms with Crippen molar-refractivity contribution in [3.8, 4) is 0 Å². The van der Waals surface area contributed by atoms with Crippen LogP contribution in [0.15, 0.2) is 16.6 Å². The number of benzene rings is 1. The average Bonchev–Trinajstić information content (AvgIpc) is 2.06. The first-order valence-electron chi connectivity index (χ1n) is 3.69. The number of carbonyl (C=O) groups is 1. The molecular weight excluding hydrogens is 277 g/mol. The molecule has 0 saturated carbocycles. The monoisotopic (exact) mass is 282 g/mol. The van der Waals surface area contributed by atoms with E-state index in [1.54, 1.807) is 0 Å². The van der Waals surface area contributed by atoms with Crippen molar-refractivity contribution in [2.75, 3.05) is 5.73 Å². The predicted octanol–water partition coefficient (Wildman–Crippen LogP) is 2.15. The number of carbonyl (C=O) groups excluding carboxylic acids is 1. The summed E-state index contributed by atoms with van der Waals surface area (Å²) in [5.74, 6) is -0.959. The van der Waals surface area contributed by atoms with Crippen LogP contribution in [0.3, 0.4) is 0 Å². The molecule has 0 radical (unpaired) electrons. The molecule has 15 heavy (non-hydrogen) atoms. The highest BCUT2D eigenvalue weighted by molar-refractivity contribution is 9.10. The summed E-state index contributed by atoms with van der Waals surface area (Å²) in [6, 6.07) is 1.74. The second kappa shape index (κ2) is 3.73. The van der Waals surface area contributed by atoms with E-state index in [9.17, 15) is 18.0 Å². The number of rotatable bonds is 1. The second-order valence-electron chi connectivity index (χ2n) is 2.79. The van der Waals surface area contributed by atoms with Crippen LogP contribution in [0.1, 0.15) is 15.9 Å². The highest BCUT2D eigenvalue weighted by atomic mass is 79.9. The molecule has 0 fully saturated rings. The van der Waals surface area contributed by atoms with E-state index in [2.05, 4.69) is 15.9 Å². The molecule has 0 aliphatic carbocycles. The summed E-state index contributed by atoms with van der Waals surface area (Å²) < 4.78 is 37.0. The fraction of sp³-hybridized carbons (Fsp3) is 0.125. The van der Waals surface area contributed by atoms with E-state index in [1.807, 2.05) is 0 Å². The first kappa shape index (κ1) is 11.8. The molecule has 1 aromatic carbocycles. The first-order valence-corrected chi connectivity index (χ1v) is 4.49. The van der Waals surface area contributed by atoms with Gasteiger partial charge in [0.05, 0.1) is 10.0 Å². The molecule has 0 aliphatic heterocycles. The molecule has 0 saturated heterocycles. The number of alkyl halides is 3. The van der Waals surface area contributed by atoms with Crippen molar-refractivity contribution in [2.24, 2.45) is 5.73 Å². The lowest BCUT2D eigenvalue weighted by Crippen LogP contribution is -2.15. The van der Waals surface area contributed by atoms with Gasteiger partial charge >= 0.3 is 6.18 Å². The fourth-order valence-electron chi connectivity index (χ4n) is 0.995. The number of hydrogen-bond donors (Lipinski definition) is 2. The van der Waals surface area contributed by atoms with Gasteiger partial charge in [-0.25, -0.2) is 0 Å². The van der Waals surface area contributed by atoms with Gasteiger partial charge in [-0.2, -0.15) is 13.2 Å². The third-order valence-electron chi connectivity index (χ3n) is 1.69. The number of halogens is 4. The van der Waals surface area contributed by atoms with E-state index in [4.69, 9.17) is 11.5 Å². The standard InChI is InChI=1S/C8H6BrF3N2O/c9-6-4(8(10,11)12)1-3(7(14)15)2-5(6)13/h1-2H,13H2,(H2,14,15). The van der Waals surface area contributed by atoms with Crippen molar-refractivity contribution in [2.45, 2.75) is 6.18 Å². The Morgan fingerprint density at radius 3 is 2.27 bits per heavy atom. The van der Waals surface area contributed by atoms with Crippen LogP contribution in [0.2, 0.25) is 0 Å². The van der Waals surface area contributed by atoms with Crippen LogP contribution in [0.5, 0.6) is 0 Å². The first-order chi connectivity index (χ1) is 6.73. The number of primary amides is 1. The maximum Gasteiger partial charge on any atom is 0.417 e. The highest BCUT2D eigenvalue weighted by Crippen LogP contribution is 2.38. The maximum atomic E-state index is 12.4. The van der Waals surface area contributed by atoms with Crippen molar-refractivity contribution in [1.29, 1.82) is 0 Å². The zero-order chi connectivity index (χ0) is 11.8. The van der Waals surface area contributed by atoms with Crippen molar-refractivity contribution in [3.63, 3.8) is 0 Å². The molecule has 82 valence electrons. The minimum atomic E-state index is -4.58. The van der Waals surface area contributed by atoms with Crippen LogP contribution in [0, 0.1) is 0 Å². The summed E-state index contributed by atoms with van der Waals surface area (Å²) in [6.45, 7) is 0. The smallest absolute Gasteiger partial charge is 0.398 e. The molecule has 0 atom stereocenters. The number of anilines is 1. The molecule has 1 amide bonds. The summed E-state index contributed by atoms with van der Waals surface area (Å²) in [5.41, 5.74) is 8.69. The van der Waals surface area contributed by atoms with Crippen LogP contribution in [-0.4, -0.2) is 5.91 Å². The zero-order valence-corrected chi connectivity index (χ0v) is 8.82. The van der Waals surface area contributed by atoms with Gasteiger partial charge < -0.3 is 11.5 Å². The Morgan fingerprint density at radius 2 is 1.87 bits per heavy atom. The van der Waals surface area contributed by atoms with E-state index < -0.39 is 17.6 Å². The maximum absolute atomic E-state index is 12.4. The highest BCUT2D eigenvalue weighted by Gasteiger charge is 2.34. The Kier molecular flexibility index (Phi) is 2.94. The van der Waals surface area contributed by atoms with Gasteiger partial charge in [-0.05, 0) is 28.1 Å². The molecule has 1 rings (SSSR count). The van der Waals surface area contributed by atoms with Crippen LogP contribution in [-0.2, 0) is 6.18 Å². The van der Waals surface area contributed by atoms with Gasteiger partial charge in [0.15, 0.2) is 0 Å². The van der Waals surface area contributed by atoms with E-state index in [0.29, 0.717) is 6.07 Å². The van der Waals surface area contributed by atoms with Gasteiger partial charge in [0.25, 0.3) is 0 Å². The minimum absolute atomic E-state index is 0.182. The van der Waals surface area contributed by atoms with Crippen LogP contribution < -0.4 is 11.5 Å². The van der Waals surface area contributed by atoms with E-state index in [0.717, 1.165) is 6.07 Å². The molecule has 7 heteroatoms. The zero-order valence-electron chi connectivity index (χ0n) is 7.23. The SMILES string of the molecule is NC(=O)c1cc(N)c(Br)c(C(F)(F)F)c1. The lowest BCUT2D eigenvalue weighted by atomic mass is 10.1. The Morgan fingerprint density at radius 1 is 1.33 bits per heavy atom. The molecule has 0 unspecified atom stereocenters. The summed E-state index contributed by atoms with van der Waals surface area (Å²) in [4.78, 5) is 10.7. The molecule has 0 heterocycles. The lowest BCUT2D eigenvalue weighted by Gasteiger charge is -2.12.